The van der Waals surface area contributed by atoms with Gasteiger partial charge < -0.3 is 14.8 Å². The van der Waals surface area contributed by atoms with Crippen molar-refractivity contribution < 1.29 is 4.52 Å². The van der Waals surface area contributed by atoms with Crippen molar-refractivity contribution in [2.45, 2.75) is 6.54 Å². The van der Waals surface area contributed by atoms with E-state index in [4.69, 9.17) is 21.9 Å². The van der Waals surface area contributed by atoms with Gasteiger partial charge in [-0.25, -0.2) is 0 Å². The Balaban J connectivity index is 2.20. The van der Waals surface area contributed by atoms with Crippen LogP contribution in [0.5, 0.6) is 0 Å². The summed E-state index contributed by atoms with van der Waals surface area (Å²) >= 11 is 6.38. The zero-order valence-corrected chi connectivity index (χ0v) is 10.5. The predicted octanol–water partition coefficient (Wildman–Crippen LogP) is 2.34. The second-order valence-electron chi connectivity index (χ2n) is 4.00. The average molecular weight is 263 g/mol. The van der Waals surface area contributed by atoms with Crippen molar-refractivity contribution in [3.05, 3.63) is 35.3 Å². The van der Waals surface area contributed by atoms with E-state index in [9.17, 15) is 0 Å². The molecule has 0 fully saturated rings. The molecule has 2 heterocycles. The number of nitrogens with two attached hydrogens (primary N) is 1. The van der Waals surface area contributed by atoms with Gasteiger partial charge in [-0.05, 0) is 18.2 Å². The molecule has 18 heavy (non-hydrogen) atoms. The van der Waals surface area contributed by atoms with Crippen molar-refractivity contribution in [2.24, 2.45) is 12.8 Å². The van der Waals surface area contributed by atoms with E-state index in [1.54, 1.807) is 0 Å². The number of aryl methyl sites for hydroxylation is 1. The van der Waals surface area contributed by atoms with E-state index in [-0.39, 0.29) is 6.54 Å². The van der Waals surface area contributed by atoms with Crippen LogP contribution in [0.3, 0.4) is 0 Å². The number of fused-ring (bicyclic) bond motifs is 1. The number of hydrogen-bond acceptors (Lipinski definition) is 4. The number of nitrogens with zero attached hydrogens (tertiary/aromatic N) is 3. The first-order chi connectivity index (χ1) is 8.70. The monoisotopic (exact) mass is 262 g/mol. The Morgan fingerprint density at radius 1 is 1.39 bits per heavy atom. The third-order valence-corrected chi connectivity index (χ3v) is 3.29. The van der Waals surface area contributed by atoms with Crippen LogP contribution in [-0.4, -0.2) is 14.7 Å². The Morgan fingerprint density at radius 2 is 2.22 bits per heavy atom. The molecule has 0 unspecified atom stereocenters. The molecule has 6 heteroatoms. The molecule has 3 rings (SSSR count). The number of halogens is 1. The summed E-state index contributed by atoms with van der Waals surface area (Å²) in [6.45, 7) is 0.220. The molecular formula is C12H11ClN4O. The highest BCUT2D eigenvalue weighted by Gasteiger charge is 2.14. The topological polar surface area (TPSA) is 69.9 Å². The molecule has 0 saturated heterocycles. The summed E-state index contributed by atoms with van der Waals surface area (Å²) in [7, 11) is 1.97. The van der Waals surface area contributed by atoms with Gasteiger partial charge in [-0.15, -0.1) is 0 Å². The van der Waals surface area contributed by atoms with Gasteiger partial charge >= 0.3 is 0 Å². The van der Waals surface area contributed by atoms with Crippen molar-refractivity contribution >= 4 is 22.5 Å². The van der Waals surface area contributed by atoms with Crippen LogP contribution < -0.4 is 5.73 Å². The van der Waals surface area contributed by atoms with Gasteiger partial charge in [-0.3, -0.25) is 0 Å². The maximum Gasteiger partial charge on any atom is 0.240 e. The second kappa shape index (κ2) is 4.12. The van der Waals surface area contributed by atoms with E-state index in [0.29, 0.717) is 16.7 Å². The molecule has 0 radical (unpaired) electrons. The molecule has 3 aromatic rings. The van der Waals surface area contributed by atoms with Crippen LogP contribution >= 0.6 is 11.6 Å². The minimum absolute atomic E-state index is 0.220. The minimum atomic E-state index is 0.220. The highest BCUT2D eigenvalue weighted by atomic mass is 35.5. The minimum Gasteiger partial charge on any atom is -0.351 e. The number of aromatic nitrogens is 3. The van der Waals surface area contributed by atoms with Crippen LogP contribution in [-0.2, 0) is 13.6 Å². The first-order valence-electron chi connectivity index (χ1n) is 5.47. The largest absolute Gasteiger partial charge is 0.351 e. The summed E-state index contributed by atoms with van der Waals surface area (Å²) < 4.78 is 7.00. The number of hydrogen-bond donors (Lipinski definition) is 1. The summed E-state index contributed by atoms with van der Waals surface area (Å²) in [5.41, 5.74) is 7.25. The van der Waals surface area contributed by atoms with E-state index < -0.39 is 0 Å². The van der Waals surface area contributed by atoms with Gasteiger partial charge in [0, 0.05) is 29.7 Å². The average Bonchev–Trinajstić information content (AvgIpc) is 2.98. The van der Waals surface area contributed by atoms with Crippen LogP contribution in [0.25, 0.3) is 22.3 Å². The fourth-order valence-corrected chi connectivity index (χ4v) is 2.24. The molecule has 0 amide bonds. The second-order valence-corrected chi connectivity index (χ2v) is 4.38. The van der Waals surface area contributed by atoms with Crippen LogP contribution in [0, 0.1) is 0 Å². The lowest BCUT2D eigenvalue weighted by Gasteiger charge is -2.02. The summed E-state index contributed by atoms with van der Waals surface area (Å²) in [6.07, 6.45) is 1.96. The molecule has 0 spiro atoms. The van der Waals surface area contributed by atoms with Gasteiger partial charge in [0.2, 0.25) is 11.7 Å². The Kier molecular flexibility index (Phi) is 2.57. The smallest absolute Gasteiger partial charge is 0.240 e. The first kappa shape index (κ1) is 11.3. The highest BCUT2D eigenvalue weighted by Crippen LogP contribution is 2.33. The maximum atomic E-state index is 6.38. The van der Waals surface area contributed by atoms with Gasteiger partial charge in [0.25, 0.3) is 0 Å². The zero-order valence-electron chi connectivity index (χ0n) is 9.72. The molecule has 1 aromatic carbocycles. The molecule has 0 aliphatic rings. The molecule has 92 valence electrons. The van der Waals surface area contributed by atoms with E-state index in [0.717, 1.165) is 16.5 Å². The van der Waals surface area contributed by atoms with Crippen molar-refractivity contribution in [2.75, 3.05) is 0 Å². The molecule has 0 aliphatic heterocycles. The molecule has 0 saturated carbocycles. The fraction of sp³-hybridized carbons (Fsp3) is 0.167. The molecule has 5 nitrogen and oxygen atoms in total. The summed E-state index contributed by atoms with van der Waals surface area (Å²) in [6, 6.07) is 5.83. The third-order valence-electron chi connectivity index (χ3n) is 2.89. The third kappa shape index (κ3) is 1.60. The SMILES string of the molecule is Cn1ccc2c(Cl)c(-c3noc(CN)n3)ccc21. The lowest BCUT2D eigenvalue weighted by molar-refractivity contribution is 0.380. The van der Waals surface area contributed by atoms with Crippen molar-refractivity contribution in [3.63, 3.8) is 0 Å². The summed E-state index contributed by atoms with van der Waals surface area (Å²) in [5.74, 6) is 0.862. The number of rotatable bonds is 2. The van der Waals surface area contributed by atoms with E-state index >= 15 is 0 Å². The molecule has 0 aliphatic carbocycles. The molecule has 0 bridgehead atoms. The zero-order chi connectivity index (χ0) is 12.7. The molecular weight excluding hydrogens is 252 g/mol. The van der Waals surface area contributed by atoms with Crippen LogP contribution in [0.15, 0.2) is 28.9 Å². The Morgan fingerprint density at radius 3 is 2.94 bits per heavy atom. The maximum absolute atomic E-state index is 6.38. The van der Waals surface area contributed by atoms with Gasteiger partial charge in [-0.2, -0.15) is 4.98 Å². The molecule has 2 aromatic heterocycles. The van der Waals surface area contributed by atoms with Gasteiger partial charge in [0.15, 0.2) is 0 Å². The first-order valence-corrected chi connectivity index (χ1v) is 5.85. The quantitative estimate of drug-likeness (QED) is 0.770. The van der Waals surface area contributed by atoms with Crippen LogP contribution in [0.4, 0.5) is 0 Å². The van der Waals surface area contributed by atoms with Gasteiger partial charge in [0.1, 0.15) is 0 Å². The molecule has 2 N–H and O–H groups in total. The lowest BCUT2D eigenvalue weighted by Crippen LogP contribution is -1.95. The Bertz CT molecular complexity index is 716. The summed E-state index contributed by atoms with van der Waals surface area (Å²) in [4.78, 5) is 4.18. The standard InChI is InChI=1S/C12H11ClN4O/c1-17-5-4-7-9(17)3-2-8(11(7)13)12-15-10(6-14)18-16-12/h2-5H,6,14H2,1H3. The molecule has 0 atom stereocenters. The highest BCUT2D eigenvalue weighted by molar-refractivity contribution is 6.38. The lowest BCUT2D eigenvalue weighted by atomic mass is 10.1. The van der Waals surface area contributed by atoms with Crippen molar-refractivity contribution in [1.29, 1.82) is 0 Å². The van der Waals surface area contributed by atoms with Gasteiger partial charge in [0.05, 0.1) is 11.6 Å². The van der Waals surface area contributed by atoms with Crippen molar-refractivity contribution in [1.82, 2.24) is 14.7 Å². The predicted molar refractivity (Wildman–Crippen MR) is 69.1 cm³/mol. The van der Waals surface area contributed by atoms with Crippen LogP contribution in [0.1, 0.15) is 5.89 Å². The Hall–Kier alpha value is -1.85. The summed E-state index contributed by atoms with van der Waals surface area (Å²) in [5, 5.41) is 5.47. The van der Waals surface area contributed by atoms with Crippen molar-refractivity contribution in [3.8, 4) is 11.4 Å². The van der Waals surface area contributed by atoms with E-state index in [1.165, 1.54) is 0 Å². The fourth-order valence-electron chi connectivity index (χ4n) is 1.94. The van der Waals surface area contributed by atoms with Crippen LogP contribution in [0.2, 0.25) is 5.02 Å². The Labute approximate surface area is 108 Å². The normalized spacial score (nSPS) is 11.3. The van der Waals surface area contributed by atoms with E-state index in [2.05, 4.69) is 10.1 Å². The van der Waals surface area contributed by atoms with E-state index in [1.807, 2.05) is 36.0 Å². The number of benzene rings is 1. The van der Waals surface area contributed by atoms with Gasteiger partial charge in [-0.1, -0.05) is 16.8 Å².